The normalized spacial score (nSPS) is 13.1. The molecule has 7 nitrogen and oxygen atoms in total. The molecule has 2 aromatic heterocycles. The Hall–Kier alpha value is -2.35. The second-order valence-electron chi connectivity index (χ2n) is 7.61. The molecular weight excluding hydrogens is 437 g/mol. The Balaban J connectivity index is 0.00000272. The van der Waals surface area contributed by atoms with Crippen LogP contribution in [0, 0.1) is 0 Å². The fourth-order valence-electron chi connectivity index (χ4n) is 3.94. The van der Waals surface area contributed by atoms with E-state index in [0.717, 1.165) is 49.6 Å². The third-order valence-electron chi connectivity index (χ3n) is 5.28. The molecule has 0 bridgehead atoms. The van der Waals surface area contributed by atoms with E-state index in [1.165, 1.54) is 0 Å². The van der Waals surface area contributed by atoms with Crippen LogP contribution in [-0.4, -0.2) is 50.4 Å². The van der Waals surface area contributed by atoms with Gasteiger partial charge in [0.15, 0.2) is 0 Å². The molecule has 0 aliphatic carbocycles. The van der Waals surface area contributed by atoms with Crippen LogP contribution in [0.1, 0.15) is 48.5 Å². The molecule has 31 heavy (non-hydrogen) atoms. The predicted octanol–water partition coefficient (Wildman–Crippen LogP) is 4.81. The molecule has 1 aromatic carbocycles. The number of imidazole rings is 1. The molecule has 4 rings (SSSR count). The van der Waals surface area contributed by atoms with Crippen molar-refractivity contribution in [2.45, 2.75) is 39.8 Å². The van der Waals surface area contributed by atoms with Crippen LogP contribution in [0.4, 0.5) is 0 Å². The van der Waals surface area contributed by atoms with Crippen molar-refractivity contribution in [2.75, 3.05) is 20.1 Å². The maximum absolute atomic E-state index is 12.9. The second kappa shape index (κ2) is 9.85. The zero-order valence-electron chi connectivity index (χ0n) is 18.0. The van der Waals surface area contributed by atoms with Crippen molar-refractivity contribution >= 4 is 29.9 Å². The van der Waals surface area contributed by atoms with Crippen LogP contribution < -0.4 is 0 Å². The minimum Gasteiger partial charge on any atom is -0.438 e. The van der Waals surface area contributed by atoms with Gasteiger partial charge in [-0.1, -0.05) is 31.5 Å². The van der Waals surface area contributed by atoms with E-state index in [0.29, 0.717) is 28.7 Å². The fourth-order valence-corrected chi connectivity index (χ4v) is 4.19. The van der Waals surface area contributed by atoms with Gasteiger partial charge in [0.2, 0.25) is 5.89 Å². The first-order chi connectivity index (χ1) is 14.5. The lowest BCUT2D eigenvalue weighted by Crippen LogP contribution is -2.25. The summed E-state index contributed by atoms with van der Waals surface area (Å²) in [5.41, 5.74) is 2.69. The third kappa shape index (κ3) is 4.49. The maximum Gasteiger partial charge on any atom is 0.257 e. The summed E-state index contributed by atoms with van der Waals surface area (Å²) >= 11 is 6.35. The summed E-state index contributed by atoms with van der Waals surface area (Å²) in [6.07, 6.45) is 5.67. The lowest BCUT2D eigenvalue weighted by atomic mass is 10.1. The highest BCUT2D eigenvalue weighted by Gasteiger charge is 2.29. The van der Waals surface area contributed by atoms with Gasteiger partial charge >= 0.3 is 0 Å². The highest BCUT2D eigenvalue weighted by atomic mass is 35.5. The van der Waals surface area contributed by atoms with E-state index in [2.05, 4.69) is 28.7 Å². The second-order valence-corrected chi connectivity index (χ2v) is 8.02. The summed E-state index contributed by atoms with van der Waals surface area (Å²) in [5.74, 6) is 1.17. The van der Waals surface area contributed by atoms with Gasteiger partial charge in [0.25, 0.3) is 5.91 Å². The van der Waals surface area contributed by atoms with E-state index in [1.54, 1.807) is 30.5 Å². The monoisotopic (exact) mass is 463 g/mol. The summed E-state index contributed by atoms with van der Waals surface area (Å²) in [5, 5.41) is 0.429. The molecule has 0 atom stereocenters. The molecular formula is C22H27Cl2N5O2. The Morgan fingerprint density at radius 1 is 1.19 bits per heavy atom. The smallest absolute Gasteiger partial charge is 0.257 e. The Labute approximate surface area is 193 Å². The molecule has 0 radical (unpaired) electrons. The van der Waals surface area contributed by atoms with Gasteiger partial charge in [0, 0.05) is 7.05 Å². The topological polar surface area (TPSA) is 67.4 Å². The molecule has 1 aliphatic heterocycles. The van der Waals surface area contributed by atoms with Crippen molar-refractivity contribution in [3.8, 4) is 17.3 Å². The minimum atomic E-state index is -0.117. The van der Waals surface area contributed by atoms with Crippen LogP contribution in [0.2, 0.25) is 5.02 Å². The van der Waals surface area contributed by atoms with Crippen molar-refractivity contribution in [3.05, 3.63) is 52.8 Å². The number of carbonyl (C=O) groups excluding carboxylic acids is 1. The number of nitrogens with zero attached hydrogens (tertiary/aromatic N) is 5. The molecule has 0 saturated carbocycles. The SMILES string of the molecule is CCCN(CCC)Cc1cnc(-c2ncn3c2CN(C)C(=O)c2c(Cl)cccc2-3)o1.Cl. The molecule has 0 fully saturated rings. The van der Waals surface area contributed by atoms with E-state index in [4.69, 9.17) is 16.0 Å². The number of aromatic nitrogens is 3. The average Bonchev–Trinajstić information content (AvgIpc) is 3.32. The predicted molar refractivity (Wildman–Crippen MR) is 123 cm³/mol. The van der Waals surface area contributed by atoms with E-state index in [1.807, 2.05) is 16.7 Å². The van der Waals surface area contributed by atoms with Crippen molar-refractivity contribution in [2.24, 2.45) is 0 Å². The van der Waals surface area contributed by atoms with Gasteiger partial charge in [-0.3, -0.25) is 14.3 Å². The molecule has 3 heterocycles. The Kier molecular flexibility index (Phi) is 7.41. The number of hydrogen-bond acceptors (Lipinski definition) is 5. The van der Waals surface area contributed by atoms with Crippen LogP contribution >= 0.6 is 24.0 Å². The van der Waals surface area contributed by atoms with Gasteiger partial charge in [-0.2, -0.15) is 0 Å². The number of fused-ring (bicyclic) bond motifs is 3. The van der Waals surface area contributed by atoms with Crippen LogP contribution in [0.3, 0.4) is 0 Å². The van der Waals surface area contributed by atoms with E-state index in [-0.39, 0.29) is 18.3 Å². The standard InChI is InChI=1S/C22H26ClN5O2.ClH/c1-4-9-27(10-5-2)12-15-11-24-21(30-15)20-18-13-26(3)22(29)19-16(23)7-6-8-17(19)28(18)14-25-20;/h6-8,11,14H,4-5,9-10,12-13H2,1-3H3;1H. The summed E-state index contributed by atoms with van der Waals surface area (Å²) < 4.78 is 7.98. The number of rotatable bonds is 7. The molecule has 1 amide bonds. The zero-order valence-corrected chi connectivity index (χ0v) is 19.5. The highest BCUT2D eigenvalue weighted by Crippen LogP contribution is 2.33. The van der Waals surface area contributed by atoms with Gasteiger partial charge in [-0.15, -0.1) is 12.4 Å². The molecule has 0 N–H and O–H groups in total. The number of benzene rings is 1. The van der Waals surface area contributed by atoms with E-state index >= 15 is 0 Å². The molecule has 0 spiro atoms. The number of carbonyl (C=O) groups is 1. The van der Waals surface area contributed by atoms with Crippen LogP contribution in [0.15, 0.2) is 35.1 Å². The molecule has 3 aromatic rings. The first-order valence-corrected chi connectivity index (χ1v) is 10.7. The molecule has 9 heteroatoms. The van der Waals surface area contributed by atoms with Crippen LogP contribution in [0.25, 0.3) is 17.3 Å². The van der Waals surface area contributed by atoms with Crippen LogP contribution in [0.5, 0.6) is 0 Å². The van der Waals surface area contributed by atoms with Crippen molar-refractivity contribution in [1.29, 1.82) is 0 Å². The van der Waals surface area contributed by atoms with Crippen molar-refractivity contribution < 1.29 is 9.21 Å². The molecule has 1 aliphatic rings. The van der Waals surface area contributed by atoms with E-state index in [9.17, 15) is 4.79 Å². The third-order valence-corrected chi connectivity index (χ3v) is 5.60. The van der Waals surface area contributed by atoms with Gasteiger partial charge in [-0.25, -0.2) is 9.97 Å². The Morgan fingerprint density at radius 2 is 1.94 bits per heavy atom. The summed E-state index contributed by atoms with van der Waals surface area (Å²) in [7, 11) is 1.76. The lowest BCUT2D eigenvalue weighted by molar-refractivity contribution is 0.0788. The highest BCUT2D eigenvalue weighted by molar-refractivity contribution is 6.34. The van der Waals surface area contributed by atoms with Gasteiger partial charge in [-0.05, 0) is 38.1 Å². The van der Waals surface area contributed by atoms with Crippen molar-refractivity contribution in [1.82, 2.24) is 24.3 Å². The average molecular weight is 464 g/mol. The van der Waals surface area contributed by atoms with Crippen molar-refractivity contribution in [3.63, 3.8) is 0 Å². The minimum absolute atomic E-state index is 0. The quantitative estimate of drug-likeness (QED) is 0.502. The van der Waals surface area contributed by atoms with Gasteiger partial charge < -0.3 is 9.32 Å². The van der Waals surface area contributed by atoms with Crippen LogP contribution in [-0.2, 0) is 13.1 Å². The molecule has 166 valence electrons. The largest absolute Gasteiger partial charge is 0.438 e. The summed E-state index contributed by atoms with van der Waals surface area (Å²) in [4.78, 5) is 26.0. The van der Waals surface area contributed by atoms with Gasteiger partial charge in [0.1, 0.15) is 17.8 Å². The first-order valence-electron chi connectivity index (χ1n) is 10.3. The lowest BCUT2D eigenvalue weighted by Gasteiger charge is -2.18. The fraction of sp³-hybridized carbons (Fsp3) is 0.409. The van der Waals surface area contributed by atoms with E-state index < -0.39 is 0 Å². The number of amides is 1. The molecule has 0 saturated heterocycles. The number of oxazole rings is 1. The summed E-state index contributed by atoms with van der Waals surface area (Å²) in [6, 6.07) is 5.44. The maximum atomic E-state index is 12.9. The summed E-state index contributed by atoms with van der Waals surface area (Å²) in [6.45, 7) is 7.51. The van der Waals surface area contributed by atoms with Gasteiger partial charge in [0.05, 0.1) is 41.3 Å². The number of halogens is 2. The number of hydrogen-bond donors (Lipinski definition) is 0. The first kappa shape index (κ1) is 23.3. The molecule has 0 unspecified atom stereocenters. The zero-order chi connectivity index (χ0) is 21.3. The Bertz CT molecular complexity index is 1060. The Morgan fingerprint density at radius 3 is 2.65 bits per heavy atom.